The van der Waals surface area contributed by atoms with Gasteiger partial charge < -0.3 is 4.74 Å². The third-order valence-electron chi connectivity index (χ3n) is 5.82. The van der Waals surface area contributed by atoms with Crippen molar-refractivity contribution >= 4 is 11.8 Å². The average molecular weight is 448 g/mol. The molecule has 0 amide bonds. The Bertz CT molecular complexity index is 1150. The molecule has 164 valence electrons. The van der Waals surface area contributed by atoms with E-state index in [0.717, 1.165) is 46.6 Å². The van der Waals surface area contributed by atoms with Gasteiger partial charge in [0.05, 0.1) is 18.6 Å². The predicted molar refractivity (Wildman–Crippen MR) is 123 cm³/mol. The van der Waals surface area contributed by atoms with E-state index in [2.05, 4.69) is 30.3 Å². The van der Waals surface area contributed by atoms with Crippen molar-refractivity contribution in [2.75, 3.05) is 7.11 Å². The summed E-state index contributed by atoms with van der Waals surface area (Å²) < 4.78 is 9.41. The fourth-order valence-corrected chi connectivity index (χ4v) is 5.09. The lowest BCUT2D eigenvalue weighted by Gasteiger charge is -2.25. The van der Waals surface area contributed by atoms with Gasteiger partial charge in [-0.2, -0.15) is 4.68 Å². The molecule has 2 aromatic carbocycles. The Morgan fingerprint density at radius 3 is 2.47 bits per heavy atom. The largest absolute Gasteiger partial charge is 0.497 e. The number of aromatic nitrogens is 7. The summed E-state index contributed by atoms with van der Waals surface area (Å²) in [4.78, 5) is 0. The van der Waals surface area contributed by atoms with Crippen molar-refractivity contribution in [3.8, 4) is 22.8 Å². The van der Waals surface area contributed by atoms with Gasteiger partial charge in [-0.1, -0.05) is 49.2 Å². The molecule has 1 aliphatic rings. The molecule has 2 aromatic heterocycles. The summed E-state index contributed by atoms with van der Waals surface area (Å²) in [5.41, 5.74) is 1.99. The first-order chi connectivity index (χ1) is 15.8. The van der Waals surface area contributed by atoms with Crippen LogP contribution < -0.4 is 4.74 Å². The van der Waals surface area contributed by atoms with Crippen molar-refractivity contribution in [2.45, 2.75) is 49.1 Å². The van der Waals surface area contributed by atoms with Crippen molar-refractivity contribution < 1.29 is 4.74 Å². The van der Waals surface area contributed by atoms with E-state index < -0.39 is 0 Å². The number of hydrogen-bond donors (Lipinski definition) is 0. The van der Waals surface area contributed by atoms with Crippen LogP contribution in [0.4, 0.5) is 0 Å². The van der Waals surface area contributed by atoms with Gasteiger partial charge >= 0.3 is 0 Å². The zero-order chi connectivity index (χ0) is 21.8. The molecule has 1 saturated carbocycles. The molecule has 0 aliphatic heterocycles. The van der Waals surface area contributed by atoms with E-state index in [1.807, 2.05) is 54.6 Å². The number of nitrogens with zero attached hydrogens (tertiary/aromatic N) is 7. The topological polar surface area (TPSA) is 83.5 Å². The minimum Gasteiger partial charge on any atom is -0.497 e. The Morgan fingerprint density at radius 1 is 0.938 bits per heavy atom. The minimum absolute atomic E-state index is 0.406. The Labute approximate surface area is 191 Å². The third kappa shape index (κ3) is 4.25. The Balaban J connectivity index is 1.44. The van der Waals surface area contributed by atoms with Gasteiger partial charge in [0.1, 0.15) is 5.75 Å². The van der Waals surface area contributed by atoms with E-state index in [1.165, 1.54) is 19.3 Å². The van der Waals surface area contributed by atoms with Crippen LogP contribution in [-0.4, -0.2) is 42.1 Å². The lowest BCUT2D eigenvalue weighted by atomic mass is 9.95. The highest BCUT2D eigenvalue weighted by atomic mass is 32.2. The molecule has 0 bridgehead atoms. The first kappa shape index (κ1) is 20.7. The van der Waals surface area contributed by atoms with Crippen LogP contribution in [0.3, 0.4) is 0 Å². The van der Waals surface area contributed by atoms with Crippen LogP contribution in [0.1, 0.15) is 44.0 Å². The number of benzene rings is 2. The predicted octanol–water partition coefficient (Wildman–Crippen LogP) is 4.73. The maximum Gasteiger partial charge on any atom is 0.192 e. The molecule has 1 aliphatic carbocycles. The van der Waals surface area contributed by atoms with Crippen LogP contribution >= 0.6 is 11.8 Å². The zero-order valence-electron chi connectivity index (χ0n) is 18.0. The molecule has 0 atom stereocenters. The van der Waals surface area contributed by atoms with E-state index in [1.54, 1.807) is 23.6 Å². The maximum atomic E-state index is 5.32. The fraction of sp³-hybridized carbons (Fsp3) is 0.348. The molecule has 0 saturated heterocycles. The molecular weight excluding hydrogens is 422 g/mol. The quantitative estimate of drug-likeness (QED) is 0.379. The summed E-state index contributed by atoms with van der Waals surface area (Å²) >= 11 is 1.63. The second kappa shape index (κ2) is 9.52. The number of hydrogen-bond acceptors (Lipinski definition) is 7. The van der Waals surface area contributed by atoms with Crippen LogP contribution in [0.15, 0.2) is 59.8 Å². The minimum atomic E-state index is 0.406. The van der Waals surface area contributed by atoms with Gasteiger partial charge in [0.25, 0.3) is 0 Å². The first-order valence-corrected chi connectivity index (χ1v) is 11.9. The second-order valence-corrected chi connectivity index (χ2v) is 8.77. The molecule has 0 radical (unpaired) electrons. The molecule has 8 nitrogen and oxygen atoms in total. The molecule has 32 heavy (non-hydrogen) atoms. The molecule has 0 N–H and O–H groups in total. The number of rotatable bonds is 7. The van der Waals surface area contributed by atoms with Crippen molar-refractivity contribution in [2.24, 2.45) is 0 Å². The highest BCUT2D eigenvalue weighted by Crippen LogP contribution is 2.36. The van der Waals surface area contributed by atoms with Gasteiger partial charge in [0.15, 0.2) is 16.8 Å². The smallest absolute Gasteiger partial charge is 0.192 e. The zero-order valence-corrected chi connectivity index (χ0v) is 18.8. The SMILES string of the molecule is COc1ccc(-c2nnc(SCc3nnnn3-c3ccccc3)n2C2CCCCC2)cc1. The summed E-state index contributed by atoms with van der Waals surface area (Å²) in [5, 5.41) is 22.4. The number of tetrazole rings is 1. The monoisotopic (exact) mass is 447 g/mol. The van der Waals surface area contributed by atoms with Crippen LogP contribution in [0.25, 0.3) is 17.1 Å². The standard InChI is InChI=1S/C23H25N7OS/c1-31-20-14-12-17(13-15-20)22-25-26-23(29(22)18-8-4-2-5-9-18)32-16-21-24-27-28-30(21)19-10-6-3-7-11-19/h3,6-7,10-15,18H,2,4-5,8-9,16H2,1H3. The van der Waals surface area contributed by atoms with E-state index >= 15 is 0 Å². The number of thioether (sulfide) groups is 1. The van der Waals surface area contributed by atoms with Gasteiger partial charge in [-0.3, -0.25) is 4.57 Å². The van der Waals surface area contributed by atoms with Gasteiger partial charge in [-0.15, -0.1) is 15.3 Å². The summed E-state index contributed by atoms with van der Waals surface area (Å²) in [6.45, 7) is 0. The summed E-state index contributed by atoms with van der Waals surface area (Å²) in [5.74, 6) is 3.13. The van der Waals surface area contributed by atoms with Gasteiger partial charge in [0.2, 0.25) is 0 Å². The van der Waals surface area contributed by atoms with Crippen molar-refractivity contribution in [3.05, 3.63) is 60.4 Å². The molecular formula is C23H25N7OS. The third-order valence-corrected chi connectivity index (χ3v) is 6.76. The lowest BCUT2D eigenvalue weighted by molar-refractivity contribution is 0.339. The normalized spacial score (nSPS) is 14.5. The second-order valence-electron chi connectivity index (χ2n) is 7.83. The van der Waals surface area contributed by atoms with Crippen LogP contribution in [0, 0.1) is 0 Å². The van der Waals surface area contributed by atoms with Gasteiger partial charge in [-0.05, 0) is 59.7 Å². The summed E-state index contributed by atoms with van der Waals surface area (Å²) in [6.07, 6.45) is 6.07. The van der Waals surface area contributed by atoms with Crippen LogP contribution in [0.5, 0.6) is 5.75 Å². The van der Waals surface area contributed by atoms with Crippen molar-refractivity contribution in [1.82, 2.24) is 35.0 Å². The molecule has 2 heterocycles. The highest BCUT2D eigenvalue weighted by Gasteiger charge is 2.24. The van der Waals surface area contributed by atoms with E-state index in [-0.39, 0.29) is 0 Å². The first-order valence-electron chi connectivity index (χ1n) is 10.9. The van der Waals surface area contributed by atoms with Crippen LogP contribution in [-0.2, 0) is 5.75 Å². The number of ether oxygens (including phenoxy) is 1. The van der Waals surface area contributed by atoms with Crippen LogP contribution in [0.2, 0.25) is 0 Å². The molecule has 0 spiro atoms. The summed E-state index contributed by atoms with van der Waals surface area (Å²) in [7, 11) is 1.68. The van der Waals surface area contributed by atoms with Gasteiger partial charge in [-0.25, -0.2) is 0 Å². The van der Waals surface area contributed by atoms with Crippen molar-refractivity contribution in [3.63, 3.8) is 0 Å². The van der Waals surface area contributed by atoms with Gasteiger partial charge in [0, 0.05) is 11.6 Å². The Hall–Kier alpha value is -3.20. The molecule has 4 aromatic rings. The Kier molecular flexibility index (Phi) is 6.15. The molecule has 0 unspecified atom stereocenters. The molecule has 9 heteroatoms. The number of para-hydroxylation sites is 1. The van der Waals surface area contributed by atoms with E-state index in [9.17, 15) is 0 Å². The fourth-order valence-electron chi connectivity index (χ4n) is 4.18. The maximum absolute atomic E-state index is 5.32. The van der Waals surface area contributed by atoms with Crippen molar-refractivity contribution in [1.29, 1.82) is 0 Å². The Morgan fingerprint density at radius 2 is 1.72 bits per heavy atom. The summed E-state index contributed by atoms with van der Waals surface area (Å²) in [6, 6.07) is 18.4. The number of methoxy groups -OCH3 is 1. The molecule has 1 fully saturated rings. The lowest BCUT2D eigenvalue weighted by Crippen LogP contribution is -2.15. The highest BCUT2D eigenvalue weighted by molar-refractivity contribution is 7.98. The van der Waals surface area contributed by atoms with E-state index in [4.69, 9.17) is 4.74 Å². The average Bonchev–Trinajstić information content (AvgIpc) is 3.51. The van der Waals surface area contributed by atoms with E-state index in [0.29, 0.717) is 11.8 Å². The molecule has 5 rings (SSSR count).